The smallest absolute Gasteiger partial charge is 0.256 e. The number of hydrogen-bond donors (Lipinski definition) is 1. The van der Waals surface area contributed by atoms with Crippen LogP contribution in [0, 0.1) is 0 Å². The molecular formula is C17H12ClNO4. The van der Waals surface area contributed by atoms with Gasteiger partial charge in [0.2, 0.25) is 12.5 Å². The SMILES string of the molecule is COc1cc(/C=C2/C(=O)Nc3ccc(Cl)cc32)cc2c1OCO2. The Morgan fingerprint density at radius 1 is 1.26 bits per heavy atom. The monoisotopic (exact) mass is 329 g/mol. The normalized spacial score (nSPS) is 16.4. The van der Waals surface area contributed by atoms with Crippen molar-refractivity contribution in [2.45, 2.75) is 0 Å². The van der Waals surface area contributed by atoms with Crippen molar-refractivity contribution in [1.82, 2.24) is 0 Å². The second-order valence-corrected chi connectivity index (χ2v) is 5.60. The minimum Gasteiger partial charge on any atom is -0.493 e. The second-order valence-electron chi connectivity index (χ2n) is 5.16. The number of hydrogen-bond acceptors (Lipinski definition) is 4. The second kappa shape index (κ2) is 5.21. The zero-order chi connectivity index (χ0) is 16.0. The van der Waals surface area contributed by atoms with Crippen molar-refractivity contribution in [3.63, 3.8) is 0 Å². The lowest BCUT2D eigenvalue weighted by molar-refractivity contribution is -0.110. The van der Waals surface area contributed by atoms with E-state index in [1.165, 1.54) is 0 Å². The van der Waals surface area contributed by atoms with Gasteiger partial charge < -0.3 is 19.5 Å². The van der Waals surface area contributed by atoms with Gasteiger partial charge in [-0.2, -0.15) is 0 Å². The molecule has 2 heterocycles. The standard InChI is InChI=1S/C17H12ClNO4/c1-21-14-5-9(6-15-16(14)23-8-22-15)4-12-11-7-10(18)2-3-13(11)19-17(12)20/h2-7H,8H2,1H3,(H,19,20)/b12-4+. The molecular weight excluding hydrogens is 318 g/mol. The molecule has 1 amide bonds. The molecule has 0 aromatic heterocycles. The summed E-state index contributed by atoms with van der Waals surface area (Å²) in [5.74, 6) is 1.57. The van der Waals surface area contributed by atoms with Crippen LogP contribution < -0.4 is 19.5 Å². The van der Waals surface area contributed by atoms with E-state index in [4.69, 9.17) is 25.8 Å². The predicted molar refractivity (Wildman–Crippen MR) is 87.1 cm³/mol. The number of fused-ring (bicyclic) bond motifs is 2. The Balaban J connectivity index is 1.83. The van der Waals surface area contributed by atoms with Gasteiger partial charge in [-0.1, -0.05) is 11.6 Å². The summed E-state index contributed by atoms with van der Waals surface area (Å²) in [6.07, 6.45) is 1.78. The maximum Gasteiger partial charge on any atom is 0.256 e. The Kier molecular flexibility index (Phi) is 3.16. The van der Waals surface area contributed by atoms with Gasteiger partial charge in [0.25, 0.3) is 5.91 Å². The quantitative estimate of drug-likeness (QED) is 0.856. The van der Waals surface area contributed by atoms with Gasteiger partial charge in [-0.15, -0.1) is 0 Å². The van der Waals surface area contributed by atoms with Crippen molar-refractivity contribution in [1.29, 1.82) is 0 Å². The van der Waals surface area contributed by atoms with E-state index in [2.05, 4.69) is 5.32 Å². The molecule has 4 rings (SSSR count). The maximum absolute atomic E-state index is 12.2. The number of anilines is 1. The van der Waals surface area contributed by atoms with Crippen molar-refractivity contribution in [2.24, 2.45) is 0 Å². The number of benzene rings is 2. The average molecular weight is 330 g/mol. The van der Waals surface area contributed by atoms with Gasteiger partial charge in [0.15, 0.2) is 11.5 Å². The minimum absolute atomic E-state index is 0.157. The van der Waals surface area contributed by atoms with Gasteiger partial charge in [0.05, 0.1) is 7.11 Å². The molecule has 0 fully saturated rings. The van der Waals surface area contributed by atoms with Crippen LogP contribution in [0.3, 0.4) is 0 Å². The van der Waals surface area contributed by atoms with Crippen molar-refractivity contribution < 1.29 is 19.0 Å². The molecule has 5 nitrogen and oxygen atoms in total. The van der Waals surface area contributed by atoms with Crippen molar-refractivity contribution >= 4 is 34.8 Å². The van der Waals surface area contributed by atoms with Crippen molar-refractivity contribution in [3.05, 3.63) is 46.5 Å². The van der Waals surface area contributed by atoms with Crippen LogP contribution in [0.15, 0.2) is 30.3 Å². The van der Waals surface area contributed by atoms with Gasteiger partial charge in [-0.3, -0.25) is 4.79 Å². The van der Waals surface area contributed by atoms with Crippen LogP contribution in [0.2, 0.25) is 5.02 Å². The molecule has 0 saturated heterocycles. The third kappa shape index (κ3) is 2.29. The molecule has 23 heavy (non-hydrogen) atoms. The van der Waals surface area contributed by atoms with E-state index in [0.29, 0.717) is 27.8 Å². The summed E-state index contributed by atoms with van der Waals surface area (Å²) >= 11 is 6.04. The highest BCUT2D eigenvalue weighted by Gasteiger charge is 2.25. The highest BCUT2D eigenvalue weighted by molar-refractivity contribution is 6.36. The minimum atomic E-state index is -0.168. The summed E-state index contributed by atoms with van der Waals surface area (Å²) in [6.45, 7) is 0.157. The van der Waals surface area contributed by atoms with Gasteiger partial charge in [-0.25, -0.2) is 0 Å². The maximum atomic E-state index is 12.2. The van der Waals surface area contributed by atoms with E-state index in [0.717, 1.165) is 16.8 Å². The van der Waals surface area contributed by atoms with Crippen LogP contribution in [0.1, 0.15) is 11.1 Å². The number of nitrogens with one attached hydrogen (secondary N) is 1. The molecule has 2 aliphatic rings. The number of carbonyl (C=O) groups is 1. The number of carbonyl (C=O) groups excluding carboxylic acids is 1. The van der Waals surface area contributed by atoms with E-state index in [1.807, 2.05) is 6.07 Å². The Morgan fingerprint density at radius 3 is 2.96 bits per heavy atom. The first-order valence-corrected chi connectivity index (χ1v) is 7.34. The first kappa shape index (κ1) is 14.0. The Labute approximate surface area is 137 Å². The highest BCUT2D eigenvalue weighted by atomic mass is 35.5. The van der Waals surface area contributed by atoms with Crippen molar-refractivity contribution in [2.75, 3.05) is 19.2 Å². The molecule has 0 aliphatic carbocycles. The molecule has 116 valence electrons. The molecule has 2 aromatic carbocycles. The Morgan fingerprint density at radius 2 is 2.13 bits per heavy atom. The van der Waals surface area contributed by atoms with E-state index < -0.39 is 0 Å². The summed E-state index contributed by atoms with van der Waals surface area (Å²) < 4.78 is 16.1. The molecule has 2 aromatic rings. The van der Waals surface area contributed by atoms with Crippen LogP contribution in [0.25, 0.3) is 11.6 Å². The van der Waals surface area contributed by atoms with Gasteiger partial charge in [0.1, 0.15) is 0 Å². The summed E-state index contributed by atoms with van der Waals surface area (Å²) in [4.78, 5) is 12.2. The lowest BCUT2D eigenvalue weighted by Gasteiger charge is -2.06. The van der Waals surface area contributed by atoms with Gasteiger partial charge >= 0.3 is 0 Å². The first-order valence-electron chi connectivity index (χ1n) is 6.96. The van der Waals surface area contributed by atoms with E-state index in [1.54, 1.807) is 37.5 Å². The summed E-state index contributed by atoms with van der Waals surface area (Å²) in [7, 11) is 1.56. The molecule has 1 N–H and O–H groups in total. The number of halogens is 1. The lowest BCUT2D eigenvalue weighted by atomic mass is 10.0. The van der Waals surface area contributed by atoms with Crippen LogP contribution >= 0.6 is 11.6 Å². The Bertz CT molecular complexity index is 860. The van der Waals surface area contributed by atoms with Crippen LogP contribution in [0.4, 0.5) is 5.69 Å². The third-order valence-electron chi connectivity index (χ3n) is 3.76. The topological polar surface area (TPSA) is 56.8 Å². The van der Waals surface area contributed by atoms with E-state index >= 15 is 0 Å². The zero-order valence-corrected chi connectivity index (χ0v) is 12.9. The fourth-order valence-electron chi connectivity index (χ4n) is 2.70. The molecule has 0 radical (unpaired) electrons. The molecule has 0 bridgehead atoms. The van der Waals surface area contributed by atoms with Crippen LogP contribution in [-0.4, -0.2) is 19.8 Å². The molecule has 6 heteroatoms. The number of rotatable bonds is 2. The summed E-state index contributed by atoms with van der Waals surface area (Å²) in [6, 6.07) is 8.92. The molecule has 0 spiro atoms. The molecule has 0 saturated carbocycles. The largest absolute Gasteiger partial charge is 0.493 e. The van der Waals surface area contributed by atoms with Gasteiger partial charge in [-0.05, 0) is 42.0 Å². The number of methoxy groups -OCH3 is 1. The predicted octanol–water partition coefficient (Wildman–Crippen LogP) is 3.57. The fourth-order valence-corrected chi connectivity index (χ4v) is 2.88. The average Bonchev–Trinajstić information content (AvgIpc) is 3.12. The van der Waals surface area contributed by atoms with E-state index in [9.17, 15) is 4.79 Å². The summed E-state index contributed by atoms with van der Waals surface area (Å²) in [5, 5.41) is 3.40. The fraction of sp³-hybridized carbons (Fsp3) is 0.118. The number of ether oxygens (including phenoxy) is 3. The molecule has 0 atom stereocenters. The van der Waals surface area contributed by atoms with E-state index in [-0.39, 0.29) is 12.7 Å². The third-order valence-corrected chi connectivity index (χ3v) is 3.99. The van der Waals surface area contributed by atoms with Crippen molar-refractivity contribution in [3.8, 4) is 17.2 Å². The van der Waals surface area contributed by atoms with Gasteiger partial charge in [0, 0.05) is 21.8 Å². The van der Waals surface area contributed by atoms with Crippen LogP contribution in [0.5, 0.6) is 17.2 Å². The Hall–Kier alpha value is -2.66. The molecule has 0 unspecified atom stereocenters. The molecule has 2 aliphatic heterocycles. The highest BCUT2D eigenvalue weighted by Crippen LogP contribution is 2.43. The van der Waals surface area contributed by atoms with Crippen LogP contribution in [-0.2, 0) is 4.79 Å². The lowest BCUT2D eigenvalue weighted by Crippen LogP contribution is -2.03. The summed E-state index contributed by atoms with van der Waals surface area (Å²) in [5.41, 5.74) is 2.85. The first-order chi connectivity index (χ1) is 11.2. The zero-order valence-electron chi connectivity index (χ0n) is 12.2. The number of amides is 1.